The topological polar surface area (TPSA) is 58.6 Å². The van der Waals surface area contributed by atoms with Gasteiger partial charge >= 0.3 is 12.3 Å². The molecule has 1 fully saturated rings. The summed E-state index contributed by atoms with van der Waals surface area (Å²) in [6.07, 6.45) is -3.36. The van der Waals surface area contributed by atoms with Gasteiger partial charge in [-0.1, -0.05) is 30.3 Å². The van der Waals surface area contributed by atoms with Crippen LogP contribution in [0.25, 0.3) is 0 Å². The quantitative estimate of drug-likeness (QED) is 0.677. The summed E-state index contributed by atoms with van der Waals surface area (Å²) in [6, 6.07) is 10.6. The van der Waals surface area contributed by atoms with E-state index in [9.17, 15) is 27.2 Å². The smallest absolute Gasteiger partial charge is 0.416 e. The van der Waals surface area contributed by atoms with E-state index in [0.29, 0.717) is 30.8 Å². The van der Waals surface area contributed by atoms with Crippen molar-refractivity contribution in [3.05, 3.63) is 71.0 Å². The van der Waals surface area contributed by atoms with E-state index >= 15 is 0 Å². The number of hydrogen-bond acceptors (Lipinski definition) is 3. The fourth-order valence-corrected chi connectivity index (χ4v) is 3.35. The lowest BCUT2D eigenvalue weighted by Gasteiger charge is -2.20. The Morgan fingerprint density at radius 3 is 2.39 bits per heavy atom. The molecular formula is C22H22F4N2O3. The van der Waals surface area contributed by atoms with Crippen molar-refractivity contribution < 1.29 is 31.9 Å². The van der Waals surface area contributed by atoms with E-state index in [1.807, 2.05) is 0 Å². The normalized spacial score (nSPS) is 14.9. The summed E-state index contributed by atoms with van der Waals surface area (Å²) < 4.78 is 57.9. The van der Waals surface area contributed by atoms with Gasteiger partial charge in [-0.05, 0) is 36.6 Å². The first-order valence-corrected chi connectivity index (χ1v) is 9.85. The molecule has 0 bridgehead atoms. The molecule has 2 aromatic carbocycles. The van der Waals surface area contributed by atoms with E-state index in [4.69, 9.17) is 4.74 Å². The van der Waals surface area contributed by atoms with Gasteiger partial charge in [0.1, 0.15) is 12.4 Å². The highest BCUT2D eigenvalue weighted by Crippen LogP contribution is 2.30. The van der Waals surface area contributed by atoms with Crippen LogP contribution < -0.4 is 5.32 Å². The Hall–Kier alpha value is -3.10. The Morgan fingerprint density at radius 2 is 1.74 bits per heavy atom. The minimum absolute atomic E-state index is 0.240. The lowest BCUT2D eigenvalue weighted by molar-refractivity contribution is -0.137. The average molecular weight is 438 g/mol. The Bertz CT molecular complexity index is 913. The van der Waals surface area contributed by atoms with Gasteiger partial charge < -0.3 is 15.0 Å². The van der Waals surface area contributed by atoms with E-state index < -0.39 is 42.0 Å². The Balaban J connectivity index is 1.69. The van der Waals surface area contributed by atoms with Crippen molar-refractivity contribution in [1.82, 2.24) is 10.2 Å². The highest BCUT2D eigenvalue weighted by atomic mass is 19.4. The third-order valence-electron chi connectivity index (χ3n) is 5.08. The molecule has 0 saturated carbocycles. The predicted molar refractivity (Wildman–Crippen MR) is 105 cm³/mol. The van der Waals surface area contributed by atoms with Crippen LogP contribution in [0.4, 0.5) is 22.4 Å². The number of carbonyl (C=O) groups excluding carboxylic acids is 2. The molecule has 0 aromatic heterocycles. The molecule has 5 nitrogen and oxygen atoms in total. The summed E-state index contributed by atoms with van der Waals surface area (Å²) in [7, 11) is 0. The molecule has 0 radical (unpaired) electrons. The number of halogens is 4. The van der Waals surface area contributed by atoms with Crippen LogP contribution in [0.5, 0.6) is 0 Å². The van der Waals surface area contributed by atoms with Gasteiger partial charge in [0.2, 0.25) is 5.91 Å². The minimum atomic E-state index is -4.62. The van der Waals surface area contributed by atoms with Gasteiger partial charge in [-0.15, -0.1) is 0 Å². The Labute approximate surface area is 177 Å². The van der Waals surface area contributed by atoms with Crippen LogP contribution in [0, 0.1) is 5.82 Å². The zero-order valence-corrected chi connectivity index (χ0v) is 16.6. The molecule has 1 N–H and O–H groups in total. The van der Waals surface area contributed by atoms with Crippen molar-refractivity contribution in [2.45, 2.75) is 31.5 Å². The SMILES string of the molecule is O=C(NCc1cc(C(F)(F)F)ccc1F)C(COC(=O)N1CCCC1)c1ccccc1. The maximum atomic E-state index is 14.0. The summed E-state index contributed by atoms with van der Waals surface area (Å²) in [4.78, 5) is 26.5. The maximum absolute atomic E-state index is 14.0. The second-order valence-electron chi connectivity index (χ2n) is 7.26. The minimum Gasteiger partial charge on any atom is -0.448 e. The lowest BCUT2D eigenvalue weighted by atomic mass is 9.99. The highest BCUT2D eigenvalue weighted by molar-refractivity contribution is 5.84. The van der Waals surface area contributed by atoms with Crippen LogP contribution in [0.15, 0.2) is 48.5 Å². The zero-order valence-electron chi connectivity index (χ0n) is 16.6. The Kier molecular flexibility index (Phi) is 7.14. The number of nitrogens with one attached hydrogen (secondary N) is 1. The number of benzene rings is 2. The molecule has 1 saturated heterocycles. The third-order valence-corrected chi connectivity index (χ3v) is 5.08. The maximum Gasteiger partial charge on any atom is 0.416 e. The van der Waals surface area contributed by atoms with Crippen LogP contribution in [-0.4, -0.2) is 36.6 Å². The van der Waals surface area contributed by atoms with E-state index in [2.05, 4.69) is 5.32 Å². The second-order valence-corrected chi connectivity index (χ2v) is 7.26. The number of ether oxygens (including phenoxy) is 1. The van der Waals surface area contributed by atoms with Gasteiger partial charge in [-0.25, -0.2) is 9.18 Å². The molecule has 1 aliphatic heterocycles. The molecule has 2 amide bonds. The first-order valence-electron chi connectivity index (χ1n) is 9.85. The number of likely N-dealkylation sites (tertiary alicyclic amines) is 1. The van der Waals surface area contributed by atoms with Gasteiger partial charge in [0.25, 0.3) is 0 Å². The highest BCUT2D eigenvalue weighted by Gasteiger charge is 2.31. The largest absolute Gasteiger partial charge is 0.448 e. The van der Waals surface area contributed by atoms with Gasteiger partial charge in [0, 0.05) is 25.2 Å². The molecule has 2 aromatic rings. The van der Waals surface area contributed by atoms with Crippen molar-refractivity contribution in [1.29, 1.82) is 0 Å². The molecule has 1 heterocycles. The van der Waals surface area contributed by atoms with Crippen molar-refractivity contribution in [3.63, 3.8) is 0 Å². The monoisotopic (exact) mass is 438 g/mol. The van der Waals surface area contributed by atoms with Crippen molar-refractivity contribution in [3.8, 4) is 0 Å². The van der Waals surface area contributed by atoms with Crippen LogP contribution in [0.1, 0.15) is 35.4 Å². The van der Waals surface area contributed by atoms with Crippen molar-refractivity contribution >= 4 is 12.0 Å². The van der Waals surface area contributed by atoms with E-state index in [0.717, 1.165) is 18.9 Å². The van der Waals surface area contributed by atoms with Crippen molar-refractivity contribution in [2.75, 3.05) is 19.7 Å². The number of hydrogen-bond donors (Lipinski definition) is 1. The summed E-state index contributed by atoms with van der Waals surface area (Å²) in [5.41, 5.74) is -0.722. The third kappa shape index (κ3) is 5.96. The predicted octanol–water partition coefficient (Wildman–Crippen LogP) is 4.48. The molecule has 0 aliphatic carbocycles. The standard InChI is InChI=1S/C22H22F4N2O3/c23-19-9-8-17(22(24,25)26)12-16(19)13-27-20(29)18(15-6-2-1-3-7-15)14-31-21(30)28-10-4-5-11-28/h1-3,6-9,12,18H,4-5,10-11,13-14H2,(H,27,29). The number of nitrogens with zero attached hydrogens (tertiary/aromatic N) is 1. The van der Waals surface area contributed by atoms with Crippen LogP contribution in [0.2, 0.25) is 0 Å². The van der Waals surface area contributed by atoms with Crippen LogP contribution >= 0.6 is 0 Å². The molecule has 1 atom stereocenters. The molecule has 9 heteroatoms. The molecule has 166 valence electrons. The fraction of sp³-hybridized carbons (Fsp3) is 0.364. The molecule has 1 aliphatic rings. The van der Waals surface area contributed by atoms with E-state index in [1.54, 1.807) is 35.2 Å². The van der Waals surface area contributed by atoms with Crippen LogP contribution in [0.3, 0.4) is 0 Å². The van der Waals surface area contributed by atoms with E-state index in [1.165, 1.54) is 0 Å². The average Bonchev–Trinajstić information content (AvgIpc) is 3.28. The number of alkyl halides is 3. The second kappa shape index (κ2) is 9.80. The summed E-state index contributed by atoms with van der Waals surface area (Å²) in [5, 5.41) is 2.46. The molecule has 3 rings (SSSR count). The molecule has 31 heavy (non-hydrogen) atoms. The molecule has 0 spiro atoms. The van der Waals surface area contributed by atoms with Crippen molar-refractivity contribution in [2.24, 2.45) is 0 Å². The summed E-state index contributed by atoms with van der Waals surface area (Å²) in [5.74, 6) is -2.33. The van der Waals surface area contributed by atoms with Crippen LogP contribution in [-0.2, 0) is 22.3 Å². The van der Waals surface area contributed by atoms with Gasteiger partial charge in [0.05, 0.1) is 11.5 Å². The summed E-state index contributed by atoms with van der Waals surface area (Å²) in [6.45, 7) is 0.514. The first-order chi connectivity index (χ1) is 14.8. The first kappa shape index (κ1) is 22.6. The van der Waals surface area contributed by atoms with Gasteiger partial charge in [0.15, 0.2) is 0 Å². The Morgan fingerprint density at radius 1 is 1.06 bits per heavy atom. The lowest BCUT2D eigenvalue weighted by Crippen LogP contribution is -2.35. The molecular weight excluding hydrogens is 416 g/mol. The van der Waals surface area contributed by atoms with Gasteiger partial charge in [-0.3, -0.25) is 4.79 Å². The summed E-state index contributed by atoms with van der Waals surface area (Å²) >= 11 is 0. The number of amides is 2. The fourth-order valence-electron chi connectivity index (χ4n) is 3.35. The van der Waals surface area contributed by atoms with Gasteiger partial charge in [-0.2, -0.15) is 13.2 Å². The molecule has 1 unspecified atom stereocenters. The number of rotatable bonds is 6. The van der Waals surface area contributed by atoms with E-state index in [-0.39, 0.29) is 12.2 Å². The number of carbonyl (C=O) groups is 2. The zero-order chi connectivity index (χ0) is 22.4.